The Morgan fingerprint density at radius 2 is 2.47 bits per heavy atom. The second-order valence-corrected chi connectivity index (χ2v) is 5.14. The number of thiazole rings is 1. The molecule has 0 aliphatic heterocycles. The van der Waals surface area contributed by atoms with Crippen LogP contribution in [-0.2, 0) is 6.42 Å². The Balaban J connectivity index is 1.79. The molecule has 2 aromatic rings. The van der Waals surface area contributed by atoms with Crippen LogP contribution in [0.25, 0.3) is 0 Å². The molecule has 6 nitrogen and oxygen atoms in total. The van der Waals surface area contributed by atoms with Gasteiger partial charge in [-0.1, -0.05) is 0 Å². The molecule has 7 heteroatoms. The van der Waals surface area contributed by atoms with E-state index in [1.54, 1.807) is 42.0 Å². The third-order valence-corrected chi connectivity index (χ3v) is 3.88. The molecular formula is C12H17N5OS. The lowest BCUT2D eigenvalue weighted by atomic mass is 10.3. The molecule has 0 saturated carbocycles. The molecule has 0 aliphatic rings. The quantitative estimate of drug-likeness (QED) is 0.876. The topological polar surface area (TPSA) is 73.9 Å². The van der Waals surface area contributed by atoms with Crippen molar-refractivity contribution in [1.29, 1.82) is 0 Å². The molecule has 2 heterocycles. The third-order valence-electron chi connectivity index (χ3n) is 2.94. The lowest BCUT2D eigenvalue weighted by molar-refractivity contribution is 0.194. The predicted octanol–water partition coefficient (Wildman–Crippen LogP) is 1.81. The van der Waals surface area contributed by atoms with Crippen molar-refractivity contribution in [1.82, 2.24) is 25.2 Å². The van der Waals surface area contributed by atoms with Crippen molar-refractivity contribution in [2.75, 3.05) is 13.6 Å². The molecule has 0 saturated heterocycles. The van der Waals surface area contributed by atoms with Gasteiger partial charge >= 0.3 is 6.03 Å². The molecule has 2 amide bonds. The molecule has 0 aromatic carbocycles. The maximum absolute atomic E-state index is 12.0. The van der Waals surface area contributed by atoms with Crippen LogP contribution in [0.3, 0.4) is 0 Å². The second-order valence-electron chi connectivity index (χ2n) is 4.22. The summed E-state index contributed by atoms with van der Waals surface area (Å²) in [5, 5.41) is 5.73. The fourth-order valence-corrected chi connectivity index (χ4v) is 2.37. The van der Waals surface area contributed by atoms with Crippen LogP contribution >= 0.6 is 11.3 Å². The van der Waals surface area contributed by atoms with Crippen molar-refractivity contribution in [3.05, 3.63) is 34.8 Å². The molecule has 2 rings (SSSR count). The summed E-state index contributed by atoms with van der Waals surface area (Å²) >= 11 is 1.55. The highest BCUT2D eigenvalue weighted by Gasteiger charge is 2.18. The van der Waals surface area contributed by atoms with Gasteiger partial charge in [0.1, 0.15) is 5.01 Å². The zero-order valence-corrected chi connectivity index (χ0v) is 11.8. The zero-order valence-electron chi connectivity index (χ0n) is 11.0. The van der Waals surface area contributed by atoms with Gasteiger partial charge in [-0.05, 0) is 6.92 Å². The van der Waals surface area contributed by atoms with Crippen molar-refractivity contribution < 1.29 is 4.79 Å². The Bertz CT molecular complexity index is 496. The van der Waals surface area contributed by atoms with E-state index in [2.05, 4.69) is 20.3 Å². The van der Waals surface area contributed by atoms with Gasteiger partial charge in [-0.2, -0.15) is 0 Å². The molecule has 19 heavy (non-hydrogen) atoms. The fourth-order valence-electron chi connectivity index (χ4n) is 1.63. The van der Waals surface area contributed by atoms with Crippen molar-refractivity contribution in [3.8, 4) is 0 Å². The Morgan fingerprint density at radius 3 is 3.11 bits per heavy atom. The van der Waals surface area contributed by atoms with E-state index in [0.29, 0.717) is 6.54 Å². The van der Waals surface area contributed by atoms with Crippen molar-refractivity contribution >= 4 is 17.4 Å². The zero-order chi connectivity index (χ0) is 13.7. The summed E-state index contributed by atoms with van der Waals surface area (Å²) in [5.74, 6) is 0. The maximum Gasteiger partial charge on any atom is 0.317 e. The number of carbonyl (C=O) groups excluding carboxylic acids is 1. The van der Waals surface area contributed by atoms with Crippen LogP contribution in [-0.4, -0.2) is 39.5 Å². The summed E-state index contributed by atoms with van der Waals surface area (Å²) in [6, 6.07) is -0.116. The van der Waals surface area contributed by atoms with Gasteiger partial charge in [0.15, 0.2) is 0 Å². The van der Waals surface area contributed by atoms with E-state index in [0.717, 1.165) is 17.1 Å². The Labute approximate surface area is 115 Å². The number of rotatable bonds is 5. The van der Waals surface area contributed by atoms with Crippen LogP contribution < -0.4 is 5.32 Å². The molecule has 102 valence electrons. The molecular weight excluding hydrogens is 262 g/mol. The van der Waals surface area contributed by atoms with Gasteiger partial charge in [-0.15, -0.1) is 11.3 Å². The number of urea groups is 1. The van der Waals surface area contributed by atoms with Crippen LogP contribution in [0.1, 0.15) is 23.7 Å². The summed E-state index contributed by atoms with van der Waals surface area (Å²) in [5.41, 5.74) is 1.01. The lowest BCUT2D eigenvalue weighted by Gasteiger charge is -2.23. The SMILES string of the molecule is C[C@@H](c1nccs1)N(C)C(=O)NCCc1cnc[nH]1. The normalized spacial score (nSPS) is 12.1. The van der Waals surface area contributed by atoms with E-state index in [4.69, 9.17) is 0 Å². The van der Waals surface area contributed by atoms with Gasteiger partial charge in [0.25, 0.3) is 0 Å². The summed E-state index contributed by atoms with van der Waals surface area (Å²) in [7, 11) is 1.78. The van der Waals surface area contributed by atoms with E-state index >= 15 is 0 Å². The minimum atomic E-state index is -0.0952. The molecule has 0 aliphatic carbocycles. The number of imidazole rings is 1. The van der Waals surface area contributed by atoms with Crippen molar-refractivity contribution in [2.24, 2.45) is 0 Å². The number of hydrogen-bond acceptors (Lipinski definition) is 4. The number of amides is 2. The monoisotopic (exact) mass is 279 g/mol. The fraction of sp³-hybridized carbons (Fsp3) is 0.417. The van der Waals surface area contributed by atoms with Gasteiger partial charge in [-0.25, -0.2) is 14.8 Å². The number of aromatic nitrogens is 3. The molecule has 0 bridgehead atoms. The Kier molecular flexibility index (Phi) is 4.51. The van der Waals surface area contributed by atoms with Crippen LogP contribution in [0.15, 0.2) is 24.1 Å². The van der Waals surface area contributed by atoms with Crippen molar-refractivity contribution in [2.45, 2.75) is 19.4 Å². The third kappa shape index (κ3) is 3.54. The first kappa shape index (κ1) is 13.5. The first-order valence-electron chi connectivity index (χ1n) is 6.05. The average Bonchev–Trinajstić information content (AvgIpc) is 3.09. The van der Waals surface area contributed by atoms with E-state index < -0.39 is 0 Å². The summed E-state index contributed by atoms with van der Waals surface area (Å²) in [4.78, 5) is 24.8. The van der Waals surface area contributed by atoms with Crippen LogP contribution in [0, 0.1) is 0 Å². The molecule has 0 unspecified atom stereocenters. The van der Waals surface area contributed by atoms with E-state index in [1.165, 1.54) is 0 Å². The van der Waals surface area contributed by atoms with E-state index in [1.807, 2.05) is 12.3 Å². The number of H-pyrrole nitrogens is 1. The number of aromatic amines is 1. The van der Waals surface area contributed by atoms with E-state index in [-0.39, 0.29) is 12.1 Å². The lowest BCUT2D eigenvalue weighted by Crippen LogP contribution is -2.39. The minimum Gasteiger partial charge on any atom is -0.348 e. The molecule has 0 spiro atoms. The predicted molar refractivity (Wildman–Crippen MR) is 74.0 cm³/mol. The van der Waals surface area contributed by atoms with Gasteiger partial charge in [0, 0.05) is 43.5 Å². The van der Waals surface area contributed by atoms with Gasteiger partial charge in [0.05, 0.1) is 12.4 Å². The highest BCUT2D eigenvalue weighted by molar-refractivity contribution is 7.09. The minimum absolute atomic E-state index is 0.0212. The largest absolute Gasteiger partial charge is 0.348 e. The molecule has 2 aromatic heterocycles. The van der Waals surface area contributed by atoms with E-state index in [9.17, 15) is 4.79 Å². The highest BCUT2D eigenvalue weighted by atomic mass is 32.1. The molecule has 2 N–H and O–H groups in total. The number of nitrogens with zero attached hydrogens (tertiary/aromatic N) is 3. The summed E-state index contributed by atoms with van der Waals surface area (Å²) in [6.45, 7) is 2.54. The van der Waals surface area contributed by atoms with Crippen LogP contribution in [0.2, 0.25) is 0 Å². The first-order valence-corrected chi connectivity index (χ1v) is 6.93. The Hall–Kier alpha value is -1.89. The Morgan fingerprint density at radius 1 is 1.63 bits per heavy atom. The standard InChI is InChI=1S/C12H17N5OS/c1-9(11-14-5-6-19-11)17(2)12(18)15-4-3-10-7-13-8-16-10/h5-9H,3-4H2,1-2H3,(H,13,16)(H,15,18)/t9-/m0/s1. The van der Waals surface area contributed by atoms with Gasteiger partial charge in [-0.3, -0.25) is 0 Å². The summed E-state index contributed by atoms with van der Waals surface area (Å²) in [6.07, 6.45) is 5.88. The number of hydrogen-bond donors (Lipinski definition) is 2. The summed E-state index contributed by atoms with van der Waals surface area (Å²) < 4.78 is 0. The smallest absolute Gasteiger partial charge is 0.317 e. The first-order chi connectivity index (χ1) is 9.18. The average molecular weight is 279 g/mol. The van der Waals surface area contributed by atoms with Gasteiger partial charge < -0.3 is 15.2 Å². The van der Waals surface area contributed by atoms with Crippen molar-refractivity contribution in [3.63, 3.8) is 0 Å². The van der Waals surface area contributed by atoms with Crippen LogP contribution in [0.4, 0.5) is 4.79 Å². The molecule has 0 radical (unpaired) electrons. The second kappa shape index (κ2) is 6.33. The number of carbonyl (C=O) groups is 1. The number of nitrogens with one attached hydrogen (secondary N) is 2. The molecule has 1 atom stereocenters. The maximum atomic E-state index is 12.0. The van der Waals surface area contributed by atoms with Gasteiger partial charge in [0.2, 0.25) is 0 Å². The highest BCUT2D eigenvalue weighted by Crippen LogP contribution is 2.20. The van der Waals surface area contributed by atoms with Crippen LogP contribution in [0.5, 0.6) is 0 Å². The molecule has 0 fully saturated rings.